The number of rotatable bonds is 9. The van der Waals surface area contributed by atoms with Gasteiger partial charge in [-0.2, -0.15) is 0 Å². The Kier molecular flexibility index (Phi) is 8.20. The van der Waals surface area contributed by atoms with E-state index in [4.69, 9.17) is 4.74 Å². The fourth-order valence-electron chi connectivity index (χ4n) is 2.75. The van der Waals surface area contributed by atoms with E-state index in [2.05, 4.69) is 24.5 Å². The maximum Gasteiger partial charge on any atom is 0.234 e. The molecule has 0 aliphatic carbocycles. The lowest BCUT2D eigenvalue weighted by molar-refractivity contribution is -0.114. The number of benzene rings is 2. The minimum Gasteiger partial charge on any atom is -0.495 e. The van der Waals surface area contributed by atoms with Gasteiger partial charge >= 0.3 is 0 Å². The molecule has 0 aliphatic heterocycles. The molecule has 0 aliphatic rings. The van der Waals surface area contributed by atoms with Gasteiger partial charge in [-0.05, 0) is 36.1 Å². The van der Waals surface area contributed by atoms with Crippen molar-refractivity contribution in [3.63, 3.8) is 0 Å². The van der Waals surface area contributed by atoms with E-state index >= 15 is 0 Å². The highest BCUT2D eigenvalue weighted by molar-refractivity contribution is 8.00. The summed E-state index contributed by atoms with van der Waals surface area (Å²) in [5, 5.41) is 5.82. The Morgan fingerprint density at radius 2 is 1.48 bits per heavy atom. The monoisotopic (exact) mass is 386 g/mol. The van der Waals surface area contributed by atoms with Crippen LogP contribution in [0.1, 0.15) is 25.0 Å². The number of methoxy groups -OCH3 is 1. The Bertz CT molecular complexity index is 770. The van der Waals surface area contributed by atoms with E-state index in [1.807, 2.05) is 30.3 Å². The van der Waals surface area contributed by atoms with Crippen LogP contribution in [0.15, 0.2) is 42.5 Å². The molecule has 144 valence electrons. The first kappa shape index (κ1) is 20.8. The molecule has 0 radical (unpaired) electrons. The van der Waals surface area contributed by atoms with Gasteiger partial charge in [0.05, 0.1) is 24.3 Å². The van der Waals surface area contributed by atoms with Gasteiger partial charge in [-0.15, -0.1) is 11.8 Å². The average Bonchev–Trinajstić information content (AvgIpc) is 2.68. The van der Waals surface area contributed by atoms with Gasteiger partial charge in [0, 0.05) is 5.69 Å². The number of hydrogen-bond donors (Lipinski definition) is 2. The van der Waals surface area contributed by atoms with Crippen LogP contribution in [0.25, 0.3) is 0 Å². The second-order valence-electron chi connectivity index (χ2n) is 5.95. The number of carbonyl (C=O) groups excluding carboxylic acids is 2. The molecule has 0 fully saturated rings. The largest absolute Gasteiger partial charge is 0.495 e. The van der Waals surface area contributed by atoms with Crippen molar-refractivity contribution < 1.29 is 14.3 Å². The number of nitrogens with one attached hydrogen (secondary N) is 2. The van der Waals surface area contributed by atoms with Crippen LogP contribution in [-0.4, -0.2) is 30.4 Å². The molecule has 2 rings (SSSR count). The van der Waals surface area contributed by atoms with Gasteiger partial charge in [-0.3, -0.25) is 9.59 Å². The summed E-state index contributed by atoms with van der Waals surface area (Å²) in [5.74, 6) is 0.764. The quantitative estimate of drug-likeness (QED) is 0.680. The van der Waals surface area contributed by atoms with Crippen LogP contribution in [0.4, 0.5) is 11.4 Å². The highest BCUT2D eigenvalue weighted by Crippen LogP contribution is 2.24. The lowest BCUT2D eigenvalue weighted by Crippen LogP contribution is -2.19. The van der Waals surface area contributed by atoms with Gasteiger partial charge in [0.15, 0.2) is 0 Å². The van der Waals surface area contributed by atoms with Gasteiger partial charge in [-0.1, -0.05) is 44.2 Å². The fourth-order valence-corrected chi connectivity index (χ4v) is 3.37. The minimum atomic E-state index is -0.166. The van der Waals surface area contributed by atoms with Gasteiger partial charge < -0.3 is 15.4 Å². The molecule has 2 aromatic rings. The molecule has 0 atom stereocenters. The van der Waals surface area contributed by atoms with Gasteiger partial charge in [0.25, 0.3) is 0 Å². The Hall–Kier alpha value is -2.47. The molecular weight excluding hydrogens is 360 g/mol. The Balaban J connectivity index is 1.85. The summed E-state index contributed by atoms with van der Waals surface area (Å²) in [7, 11) is 1.56. The predicted molar refractivity (Wildman–Crippen MR) is 113 cm³/mol. The summed E-state index contributed by atoms with van der Waals surface area (Å²) in [6.45, 7) is 4.14. The molecule has 2 N–H and O–H groups in total. The summed E-state index contributed by atoms with van der Waals surface area (Å²) >= 11 is 1.28. The molecule has 0 heterocycles. The third-order valence-electron chi connectivity index (χ3n) is 4.11. The first-order valence-corrected chi connectivity index (χ1v) is 10.2. The van der Waals surface area contributed by atoms with E-state index in [1.54, 1.807) is 19.2 Å². The smallest absolute Gasteiger partial charge is 0.234 e. The average molecular weight is 387 g/mol. The minimum absolute atomic E-state index is 0.0966. The lowest BCUT2D eigenvalue weighted by atomic mass is 10.0. The van der Waals surface area contributed by atoms with Crippen LogP contribution in [0.2, 0.25) is 0 Å². The standard InChI is InChI=1S/C21H26N2O3S/c1-4-15-9-8-10-16(5-2)21(15)23-20(25)14-27-13-19(24)22-17-11-6-7-12-18(17)26-3/h6-12H,4-5,13-14H2,1-3H3,(H,22,24)(H,23,25). The number of thioether (sulfide) groups is 1. The zero-order chi connectivity index (χ0) is 19.6. The van der Waals surface area contributed by atoms with Crippen LogP contribution in [0.3, 0.4) is 0 Å². The molecule has 6 heteroatoms. The number of anilines is 2. The molecule has 0 saturated heterocycles. The third kappa shape index (κ3) is 6.03. The van der Waals surface area contributed by atoms with Crippen molar-refractivity contribution in [2.75, 3.05) is 29.2 Å². The van der Waals surface area contributed by atoms with Crippen molar-refractivity contribution in [2.45, 2.75) is 26.7 Å². The maximum absolute atomic E-state index is 12.3. The molecule has 0 unspecified atom stereocenters. The number of hydrogen-bond acceptors (Lipinski definition) is 4. The molecule has 2 amide bonds. The Labute approximate surface area is 164 Å². The first-order chi connectivity index (χ1) is 13.1. The molecule has 0 spiro atoms. The Morgan fingerprint density at radius 3 is 2.07 bits per heavy atom. The van der Waals surface area contributed by atoms with Gasteiger partial charge in [-0.25, -0.2) is 0 Å². The van der Waals surface area contributed by atoms with Gasteiger partial charge in [0.1, 0.15) is 5.75 Å². The number of ether oxygens (including phenoxy) is 1. The Morgan fingerprint density at radius 1 is 0.889 bits per heavy atom. The van der Waals surface area contributed by atoms with Crippen LogP contribution in [0.5, 0.6) is 5.75 Å². The van der Waals surface area contributed by atoms with Crippen LogP contribution in [0, 0.1) is 0 Å². The second-order valence-corrected chi connectivity index (χ2v) is 6.93. The van der Waals surface area contributed by atoms with Gasteiger partial charge in [0.2, 0.25) is 11.8 Å². The number of para-hydroxylation sites is 3. The summed E-state index contributed by atoms with van der Waals surface area (Å²) in [6, 6.07) is 13.3. The predicted octanol–water partition coefficient (Wildman–Crippen LogP) is 4.13. The summed E-state index contributed by atoms with van der Waals surface area (Å²) in [4.78, 5) is 24.4. The van der Waals surface area contributed by atoms with Crippen LogP contribution in [-0.2, 0) is 22.4 Å². The van der Waals surface area contributed by atoms with Crippen molar-refractivity contribution in [3.8, 4) is 5.75 Å². The molecule has 27 heavy (non-hydrogen) atoms. The first-order valence-electron chi connectivity index (χ1n) is 9.00. The van der Waals surface area contributed by atoms with Crippen molar-refractivity contribution in [2.24, 2.45) is 0 Å². The maximum atomic E-state index is 12.3. The molecule has 0 bridgehead atoms. The molecule has 0 aromatic heterocycles. The third-order valence-corrected chi connectivity index (χ3v) is 5.04. The molecule has 2 aromatic carbocycles. The zero-order valence-electron chi connectivity index (χ0n) is 16.0. The van der Waals surface area contributed by atoms with Crippen molar-refractivity contribution in [1.29, 1.82) is 0 Å². The lowest BCUT2D eigenvalue weighted by Gasteiger charge is -2.14. The van der Waals surface area contributed by atoms with E-state index in [9.17, 15) is 9.59 Å². The van der Waals surface area contributed by atoms with E-state index in [1.165, 1.54) is 11.8 Å². The van der Waals surface area contributed by atoms with Crippen molar-refractivity contribution in [3.05, 3.63) is 53.6 Å². The molecule has 5 nitrogen and oxygen atoms in total. The highest BCUT2D eigenvalue weighted by Gasteiger charge is 2.12. The second kappa shape index (κ2) is 10.6. The van der Waals surface area contributed by atoms with Crippen molar-refractivity contribution in [1.82, 2.24) is 0 Å². The van der Waals surface area contributed by atoms with Crippen LogP contribution >= 0.6 is 11.8 Å². The topological polar surface area (TPSA) is 67.4 Å². The number of aryl methyl sites for hydroxylation is 2. The fraction of sp³-hybridized carbons (Fsp3) is 0.333. The van der Waals surface area contributed by atoms with E-state index in [-0.39, 0.29) is 23.3 Å². The summed E-state index contributed by atoms with van der Waals surface area (Å²) in [6.07, 6.45) is 1.72. The summed E-state index contributed by atoms with van der Waals surface area (Å²) in [5.41, 5.74) is 3.79. The number of amides is 2. The SMILES string of the molecule is CCc1cccc(CC)c1NC(=O)CSCC(=O)Nc1ccccc1OC. The number of carbonyl (C=O) groups is 2. The van der Waals surface area contributed by atoms with E-state index < -0.39 is 0 Å². The molecular formula is C21H26N2O3S. The highest BCUT2D eigenvalue weighted by atomic mass is 32.2. The summed E-state index contributed by atoms with van der Waals surface area (Å²) < 4.78 is 5.21. The van der Waals surface area contributed by atoms with Crippen molar-refractivity contribution >= 4 is 35.0 Å². The van der Waals surface area contributed by atoms with Crippen LogP contribution < -0.4 is 15.4 Å². The zero-order valence-corrected chi connectivity index (χ0v) is 16.8. The normalized spacial score (nSPS) is 10.3. The molecule has 0 saturated carbocycles. The van der Waals surface area contributed by atoms with E-state index in [0.717, 1.165) is 29.7 Å². The van der Waals surface area contributed by atoms with E-state index in [0.29, 0.717) is 11.4 Å².